The molecule has 24 heavy (non-hydrogen) atoms. The Hall–Kier alpha value is -2.18. The first-order chi connectivity index (χ1) is 11.5. The molecule has 4 rings (SSSR count). The molecule has 0 spiro atoms. The van der Waals surface area contributed by atoms with Gasteiger partial charge in [-0.2, -0.15) is 0 Å². The Morgan fingerprint density at radius 1 is 1.42 bits per heavy atom. The fourth-order valence-electron chi connectivity index (χ4n) is 3.05. The second kappa shape index (κ2) is 5.72. The van der Waals surface area contributed by atoms with Gasteiger partial charge in [0.1, 0.15) is 10.7 Å². The summed E-state index contributed by atoms with van der Waals surface area (Å²) in [5, 5.41) is 3.94. The maximum atomic E-state index is 12.7. The Bertz CT molecular complexity index is 1040. The number of aryl methyl sites for hydroxylation is 2. The minimum Gasteiger partial charge on any atom is -0.321 e. The minimum atomic E-state index is -0.248. The number of halogens is 1. The van der Waals surface area contributed by atoms with Crippen molar-refractivity contribution < 1.29 is 4.79 Å². The van der Waals surface area contributed by atoms with Gasteiger partial charge in [0.15, 0.2) is 0 Å². The molecule has 0 radical (unpaired) electrons. The molecule has 0 bridgehead atoms. The fraction of sp³-hybridized carbons (Fsp3) is 0.235. The van der Waals surface area contributed by atoms with Crippen LogP contribution in [0.25, 0.3) is 10.2 Å². The molecule has 0 saturated carbocycles. The molecule has 3 heterocycles. The lowest BCUT2D eigenvalue weighted by molar-refractivity contribution is 0.103. The molecule has 0 unspecified atom stereocenters. The van der Waals surface area contributed by atoms with Crippen LogP contribution in [0.2, 0.25) is 5.02 Å². The van der Waals surface area contributed by atoms with E-state index in [9.17, 15) is 9.59 Å². The van der Waals surface area contributed by atoms with E-state index >= 15 is 0 Å². The molecule has 7 heteroatoms. The quantitative estimate of drug-likeness (QED) is 0.760. The van der Waals surface area contributed by atoms with Crippen LogP contribution in [0.3, 0.4) is 0 Å². The zero-order valence-corrected chi connectivity index (χ0v) is 14.5. The highest BCUT2D eigenvalue weighted by atomic mass is 35.5. The van der Waals surface area contributed by atoms with E-state index in [0.29, 0.717) is 37.9 Å². The van der Waals surface area contributed by atoms with Gasteiger partial charge in [-0.15, -0.1) is 11.3 Å². The van der Waals surface area contributed by atoms with E-state index in [1.54, 1.807) is 35.8 Å². The lowest BCUT2D eigenvalue weighted by atomic mass is 10.2. The lowest BCUT2D eigenvalue weighted by Gasteiger charge is -2.04. The van der Waals surface area contributed by atoms with Crippen LogP contribution in [0.1, 0.15) is 27.5 Å². The van der Waals surface area contributed by atoms with Gasteiger partial charge in [0.25, 0.3) is 11.5 Å². The number of thiophene rings is 1. The van der Waals surface area contributed by atoms with E-state index in [1.165, 1.54) is 11.3 Å². The third-order valence-electron chi connectivity index (χ3n) is 4.20. The van der Waals surface area contributed by atoms with Crippen molar-refractivity contribution in [1.82, 2.24) is 9.55 Å². The molecule has 122 valence electrons. The fourth-order valence-corrected chi connectivity index (χ4v) is 4.32. The van der Waals surface area contributed by atoms with Crippen molar-refractivity contribution in [3.05, 3.63) is 55.9 Å². The number of benzene rings is 1. The van der Waals surface area contributed by atoms with Crippen LogP contribution < -0.4 is 10.9 Å². The molecule has 0 aliphatic carbocycles. The first-order valence-corrected chi connectivity index (χ1v) is 8.84. The number of fused-ring (bicyclic) bond motifs is 2. The van der Waals surface area contributed by atoms with E-state index < -0.39 is 0 Å². The highest BCUT2D eigenvalue weighted by Gasteiger charge is 2.23. The summed E-state index contributed by atoms with van der Waals surface area (Å²) in [4.78, 5) is 31.0. The SMILES string of the molecule is Cc1c(C(=O)Nc2cccc(Cl)c2)sc2nc3n(c(=O)c12)CCC3. The number of anilines is 1. The van der Waals surface area contributed by atoms with Crippen molar-refractivity contribution in [1.29, 1.82) is 0 Å². The maximum absolute atomic E-state index is 12.7. The Morgan fingerprint density at radius 3 is 3.04 bits per heavy atom. The van der Waals surface area contributed by atoms with E-state index in [2.05, 4.69) is 10.3 Å². The van der Waals surface area contributed by atoms with Crippen molar-refractivity contribution in [2.45, 2.75) is 26.3 Å². The van der Waals surface area contributed by atoms with Crippen LogP contribution in [0.5, 0.6) is 0 Å². The van der Waals surface area contributed by atoms with Gasteiger partial charge in [-0.1, -0.05) is 17.7 Å². The predicted octanol–water partition coefficient (Wildman–Crippen LogP) is 3.62. The number of rotatable bonds is 2. The van der Waals surface area contributed by atoms with Crippen molar-refractivity contribution in [2.24, 2.45) is 0 Å². The number of aromatic nitrogens is 2. The van der Waals surface area contributed by atoms with Crippen molar-refractivity contribution >= 4 is 44.7 Å². The summed E-state index contributed by atoms with van der Waals surface area (Å²) in [6.07, 6.45) is 1.76. The van der Waals surface area contributed by atoms with E-state index in [1.807, 2.05) is 0 Å². The standard InChI is InChI=1S/C17H14ClN3O2S/c1-9-13-16(20-12-6-3-7-21(12)17(13)23)24-14(9)15(22)19-11-5-2-4-10(18)8-11/h2,4-5,8H,3,6-7H2,1H3,(H,19,22). The molecule has 5 nitrogen and oxygen atoms in total. The first-order valence-electron chi connectivity index (χ1n) is 7.64. The Kier molecular flexibility index (Phi) is 3.66. The average molecular weight is 360 g/mol. The average Bonchev–Trinajstić information content (AvgIpc) is 3.13. The molecular weight excluding hydrogens is 346 g/mol. The van der Waals surface area contributed by atoms with Crippen molar-refractivity contribution in [3.8, 4) is 0 Å². The monoisotopic (exact) mass is 359 g/mol. The highest BCUT2D eigenvalue weighted by Crippen LogP contribution is 2.29. The third kappa shape index (κ3) is 2.42. The van der Waals surface area contributed by atoms with Crippen molar-refractivity contribution in [2.75, 3.05) is 5.32 Å². The summed E-state index contributed by atoms with van der Waals surface area (Å²) < 4.78 is 1.72. The van der Waals surface area contributed by atoms with E-state index in [-0.39, 0.29) is 11.5 Å². The number of nitrogens with zero attached hydrogens (tertiary/aromatic N) is 2. The molecule has 1 N–H and O–H groups in total. The van der Waals surface area contributed by atoms with E-state index in [0.717, 1.165) is 18.7 Å². The molecular formula is C17H14ClN3O2S. The van der Waals surface area contributed by atoms with Gasteiger partial charge >= 0.3 is 0 Å². The molecule has 0 fully saturated rings. The number of hydrogen-bond acceptors (Lipinski definition) is 4. The van der Waals surface area contributed by atoms with Gasteiger partial charge in [0.05, 0.1) is 10.3 Å². The highest BCUT2D eigenvalue weighted by molar-refractivity contribution is 7.20. The Morgan fingerprint density at radius 2 is 2.25 bits per heavy atom. The smallest absolute Gasteiger partial charge is 0.266 e. The van der Waals surface area contributed by atoms with Gasteiger partial charge < -0.3 is 5.32 Å². The van der Waals surface area contributed by atoms with Gasteiger partial charge in [0, 0.05) is 23.7 Å². The second-order valence-corrected chi connectivity index (χ2v) is 7.22. The summed E-state index contributed by atoms with van der Waals surface area (Å²) in [7, 11) is 0. The Labute approximate surface area is 146 Å². The number of nitrogens with one attached hydrogen (secondary N) is 1. The molecule has 2 aromatic heterocycles. The summed E-state index contributed by atoms with van der Waals surface area (Å²) in [6.45, 7) is 2.51. The number of carbonyl (C=O) groups excluding carboxylic acids is 1. The van der Waals surface area contributed by atoms with Crippen molar-refractivity contribution in [3.63, 3.8) is 0 Å². The summed E-state index contributed by atoms with van der Waals surface area (Å²) >= 11 is 7.21. The van der Waals surface area contributed by atoms with Crippen LogP contribution in [0, 0.1) is 6.92 Å². The largest absolute Gasteiger partial charge is 0.321 e. The van der Waals surface area contributed by atoms with Crippen LogP contribution in [-0.2, 0) is 13.0 Å². The first kappa shape index (κ1) is 15.4. The van der Waals surface area contributed by atoms with Crippen LogP contribution in [-0.4, -0.2) is 15.5 Å². The predicted molar refractivity (Wildman–Crippen MR) is 96.3 cm³/mol. The number of hydrogen-bond donors (Lipinski definition) is 1. The minimum absolute atomic E-state index is 0.0388. The number of carbonyl (C=O) groups is 1. The Balaban J connectivity index is 1.77. The maximum Gasteiger partial charge on any atom is 0.266 e. The van der Waals surface area contributed by atoms with Crippen LogP contribution in [0.4, 0.5) is 5.69 Å². The van der Waals surface area contributed by atoms with Crippen LogP contribution >= 0.6 is 22.9 Å². The van der Waals surface area contributed by atoms with Gasteiger partial charge in [-0.05, 0) is 37.1 Å². The molecule has 1 aromatic carbocycles. The van der Waals surface area contributed by atoms with E-state index in [4.69, 9.17) is 11.6 Å². The molecule has 1 aliphatic heterocycles. The third-order valence-corrected chi connectivity index (χ3v) is 5.62. The van der Waals surface area contributed by atoms with Gasteiger partial charge in [-0.25, -0.2) is 4.98 Å². The molecule has 1 aliphatic rings. The molecule has 3 aromatic rings. The lowest BCUT2D eigenvalue weighted by Crippen LogP contribution is -2.20. The zero-order chi connectivity index (χ0) is 16.8. The van der Waals surface area contributed by atoms with Crippen LogP contribution in [0.15, 0.2) is 29.1 Å². The molecule has 0 atom stereocenters. The number of amides is 1. The summed E-state index contributed by atoms with van der Waals surface area (Å²) in [6, 6.07) is 6.97. The normalized spacial score (nSPS) is 13.2. The topological polar surface area (TPSA) is 64.0 Å². The zero-order valence-electron chi connectivity index (χ0n) is 12.9. The van der Waals surface area contributed by atoms with Gasteiger partial charge in [0.2, 0.25) is 0 Å². The summed E-state index contributed by atoms with van der Waals surface area (Å²) in [5.74, 6) is 0.567. The van der Waals surface area contributed by atoms with Gasteiger partial charge in [-0.3, -0.25) is 14.2 Å². The molecule has 1 amide bonds. The summed E-state index contributed by atoms with van der Waals surface area (Å²) in [5.41, 5.74) is 1.27. The molecule has 0 saturated heterocycles. The second-order valence-electron chi connectivity index (χ2n) is 5.79.